The van der Waals surface area contributed by atoms with Gasteiger partial charge in [0.1, 0.15) is 11.3 Å². The summed E-state index contributed by atoms with van der Waals surface area (Å²) in [4.78, 5) is 12.3. The van der Waals surface area contributed by atoms with Gasteiger partial charge in [-0.3, -0.25) is 4.79 Å². The quantitative estimate of drug-likeness (QED) is 0.806. The van der Waals surface area contributed by atoms with Crippen LogP contribution in [0.15, 0.2) is 41.1 Å². The van der Waals surface area contributed by atoms with Crippen LogP contribution in [0.4, 0.5) is 5.69 Å². The zero-order chi connectivity index (χ0) is 15.7. The third kappa shape index (κ3) is 2.50. The van der Waals surface area contributed by atoms with Crippen LogP contribution in [0.3, 0.4) is 0 Å². The van der Waals surface area contributed by atoms with Gasteiger partial charge in [0.25, 0.3) is 5.91 Å². The number of carbonyl (C=O) groups is 1. The molecule has 0 aliphatic heterocycles. The summed E-state index contributed by atoms with van der Waals surface area (Å²) in [6.45, 7) is 5.45. The standard InChI is InChI=1S/C16H16N4O2/c1-10-8-9-17-20(10)14-6-4-13(5-7-14)18-16(21)15-11(2)19-22-12(15)3/h4-9H,1-3H3,(H,18,21). The van der Waals surface area contributed by atoms with Gasteiger partial charge in [-0.05, 0) is 51.1 Å². The topological polar surface area (TPSA) is 73.0 Å². The van der Waals surface area contributed by atoms with E-state index in [0.29, 0.717) is 22.7 Å². The number of anilines is 1. The molecule has 1 amide bonds. The second-order valence-corrected chi connectivity index (χ2v) is 5.08. The number of hydrogen-bond donors (Lipinski definition) is 1. The van der Waals surface area contributed by atoms with Gasteiger partial charge >= 0.3 is 0 Å². The highest BCUT2D eigenvalue weighted by Crippen LogP contribution is 2.17. The van der Waals surface area contributed by atoms with Crippen molar-refractivity contribution in [1.82, 2.24) is 14.9 Å². The summed E-state index contributed by atoms with van der Waals surface area (Å²) in [5.41, 5.74) is 3.76. The Morgan fingerprint density at radius 3 is 2.41 bits per heavy atom. The average Bonchev–Trinajstić information content (AvgIpc) is 3.06. The Kier molecular flexibility index (Phi) is 3.50. The number of carbonyl (C=O) groups excluding carboxylic acids is 1. The fourth-order valence-corrected chi connectivity index (χ4v) is 2.33. The Labute approximate surface area is 127 Å². The van der Waals surface area contributed by atoms with E-state index in [1.165, 1.54) is 0 Å². The first-order valence-electron chi connectivity index (χ1n) is 6.91. The third-order valence-electron chi connectivity index (χ3n) is 3.46. The molecule has 0 fully saturated rings. The molecule has 2 heterocycles. The largest absolute Gasteiger partial charge is 0.361 e. The van der Waals surface area contributed by atoms with Crippen LogP contribution < -0.4 is 5.32 Å². The van der Waals surface area contributed by atoms with Gasteiger partial charge in [-0.1, -0.05) is 5.16 Å². The smallest absolute Gasteiger partial charge is 0.261 e. The van der Waals surface area contributed by atoms with Gasteiger partial charge in [0, 0.05) is 17.6 Å². The Balaban J connectivity index is 1.80. The summed E-state index contributed by atoms with van der Waals surface area (Å²) < 4.78 is 6.85. The molecule has 0 saturated heterocycles. The summed E-state index contributed by atoms with van der Waals surface area (Å²) in [5.74, 6) is 0.290. The monoisotopic (exact) mass is 296 g/mol. The van der Waals surface area contributed by atoms with Gasteiger partial charge < -0.3 is 9.84 Å². The van der Waals surface area contributed by atoms with E-state index in [1.807, 2.05) is 41.9 Å². The van der Waals surface area contributed by atoms with Crippen LogP contribution in [-0.2, 0) is 0 Å². The minimum atomic E-state index is -0.223. The van der Waals surface area contributed by atoms with Crippen molar-refractivity contribution in [3.8, 4) is 5.69 Å². The first kappa shape index (κ1) is 14.1. The molecule has 1 aromatic carbocycles. The minimum Gasteiger partial charge on any atom is -0.361 e. The normalized spacial score (nSPS) is 10.7. The van der Waals surface area contributed by atoms with Gasteiger partial charge in [-0.2, -0.15) is 5.10 Å². The number of amides is 1. The predicted octanol–water partition coefficient (Wildman–Crippen LogP) is 3.04. The predicted molar refractivity (Wildman–Crippen MR) is 82.2 cm³/mol. The van der Waals surface area contributed by atoms with Crippen molar-refractivity contribution >= 4 is 11.6 Å². The second kappa shape index (κ2) is 5.48. The zero-order valence-electron chi connectivity index (χ0n) is 12.6. The van der Waals surface area contributed by atoms with Crippen molar-refractivity contribution in [1.29, 1.82) is 0 Å². The highest BCUT2D eigenvalue weighted by atomic mass is 16.5. The molecule has 0 spiro atoms. The lowest BCUT2D eigenvalue weighted by Crippen LogP contribution is -2.13. The molecule has 22 heavy (non-hydrogen) atoms. The van der Waals surface area contributed by atoms with Gasteiger partial charge in [0.05, 0.1) is 11.4 Å². The molecule has 0 radical (unpaired) electrons. The molecule has 2 aromatic heterocycles. The lowest BCUT2D eigenvalue weighted by atomic mass is 10.2. The van der Waals surface area contributed by atoms with Crippen LogP contribution in [0.2, 0.25) is 0 Å². The summed E-state index contributed by atoms with van der Waals surface area (Å²) in [6.07, 6.45) is 1.75. The van der Waals surface area contributed by atoms with Crippen molar-refractivity contribution in [2.75, 3.05) is 5.32 Å². The molecule has 112 valence electrons. The summed E-state index contributed by atoms with van der Waals surface area (Å²) in [7, 11) is 0. The first-order valence-corrected chi connectivity index (χ1v) is 6.91. The van der Waals surface area contributed by atoms with E-state index in [1.54, 1.807) is 20.0 Å². The van der Waals surface area contributed by atoms with Gasteiger partial charge in [-0.25, -0.2) is 4.68 Å². The number of benzene rings is 1. The SMILES string of the molecule is Cc1noc(C)c1C(=O)Nc1ccc(-n2nccc2C)cc1. The van der Waals surface area contributed by atoms with E-state index < -0.39 is 0 Å². The van der Waals surface area contributed by atoms with Crippen LogP contribution in [0.25, 0.3) is 5.69 Å². The maximum atomic E-state index is 12.3. The highest BCUT2D eigenvalue weighted by molar-refractivity contribution is 6.05. The fraction of sp³-hybridized carbons (Fsp3) is 0.188. The number of aromatic nitrogens is 3. The molecular weight excluding hydrogens is 280 g/mol. The van der Waals surface area contributed by atoms with E-state index in [-0.39, 0.29) is 5.91 Å². The van der Waals surface area contributed by atoms with Crippen LogP contribution in [-0.4, -0.2) is 20.8 Å². The Morgan fingerprint density at radius 1 is 1.14 bits per heavy atom. The maximum Gasteiger partial charge on any atom is 0.261 e. The zero-order valence-corrected chi connectivity index (χ0v) is 12.6. The van der Waals surface area contributed by atoms with E-state index >= 15 is 0 Å². The molecule has 0 aliphatic carbocycles. The molecule has 0 bridgehead atoms. The first-order chi connectivity index (χ1) is 10.6. The molecule has 6 heteroatoms. The third-order valence-corrected chi connectivity index (χ3v) is 3.46. The van der Waals surface area contributed by atoms with Crippen LogP contribution in [0.5, 0.6) is 0 Å². The average molecular weight is 296 g/mol. The van der Waals surface area contributed by atoms with Crippen LogP contribution >= 0.6 is 0 Å². The highest BCUT2D eigenvalue weighted by Gasteiger charge is 2.17. The van der Waals surface area contributed by atoms with Crippen molar-refractivity contribution in [2.45, 2.75) is 20.8 Å². The molecule has 0 unspecified atom stereocenters. The molecule has 6 nitrogen and oxygen atoms in total. The van der Waals surface area contributed by atoms with Crippen molar-refractivity contribution in [3.05, 3.63) is 59.2 Å². The lowest BCUT2D eigenvalue weighted by Gasteiger charge is -2.07. The maximum absolute atomic E-state index is 12.3. The summed E-state index contributed by atoms with van der Waals surface area (Å²) >= 11 is 0. The fourth-order valence-electron chi connectivity index (χ4n) is 2.33. The molecule has 0 aliphatic rings. The number of aryl methyl sites for hydroxylation is 3. The number of nitrogens with one attached hydrogen (secondary N) is 1. The van der Waals surface area contributed by atoms with E-state index in [9.17, 15) is 4.79 Å². The molecular formula is C16H16N4O2. The molecule has 3 aromatic rings. The summed E-state index contributed by atoms with van der Waals surface area (Å²) in [5, 5.41) is 10.9. The number of rotatable bonds is 3. The number of nitrogens with zero attached hydrogens (tertiary/aromatic N) is 3. The van der Waals surface area contributed by atoms with Crippen molar-refractivity contribution < 1.29 is 9.32 Å². The number of hydrogen-bond acceptors (Lipinski definition) is 4. The minimum absolute atomic E-state index is 0.223. The molecule has 0 saturated carbocycles. The van der Waals surface area contributed by atoms with Crippen molar-refractivity contribution in [2.24, 2.45) is 0 Å². The summed E-state index contributed by atoms with van der Waals surface area (Å²) in [6, 6.07) is 9.43. The van der Waals surface area contributed by atoms with Crippen LogP contribution in [0.1, 0.15) is 27.5 Å². The van der Waals surface area contributed by atoms with Gasteiger partial charge in [-0.15, -0.1) is 0 Å². The van der Waals surface area contributed by atoms with E-state index in [0.717, 1.165) is 11.4 Å². The van der Waals surface area contributed by atoms with Crippen molar-refractivity contribution in [3.63, 3.8) is 0 Å². The molecule has 3 rings (SSSR count). The van der Waals surface area contributed by atoms with E-state index in [4.69, 9.17) is 4.52 Å². The van der Waals surface area contributed by atoms with Crippen LogP contribution in [0, 0.1) is 20.8 Å². The Morgan fingerprint density at radius 2 is 1.86 bits per heavy atom. The Hall–Kier alpha value is -2.89. The van der Waals surface area contributed by atoms with Gasteiger partial charge in [0.2, 0.25) is 0 Å². The molecule has 1 N–H and O–H groups in total. The van der Waals surface area contributed by atoms with E-state index in [2.05, 4.69) is 15.6 Å². The molecule has 0 atom stereocenters. The lowest BCUT2D eigenvalue weighted by molar-refractivity contribution is 0.102. The van der Waals surface area contributed by atoms with Gasteiger partial charge in [0.15, 0.2) is 0 Å². The Bertz CT molecular complexity index is 796. The second-order valence-electron chi connectivity index (χ2n) is 5.08.